The highest BCUT2D eigenvalue weighted by molar-refractivity contribution is 5.86. The fourth-order valence-corrected chi connectivity index (χ4v) is 0.657. The van der Waals surface area contributed by atoms with Gasteiger partial charge in [-0.3, -0.25) is 0 Å². The molecule has 0 spiro atoms. The van der Waals surface area contributed by atoms with Gasteiger partial charge in [-0.2, -0.15) is 4.98 Å². The Kier molecular flexibility index (Phi) is 2.57. The normalized spacial score (nSPS) is 9.17. The van der Waals surface area contributed by atoms with E-state index in [0.29, 0.717) is 0 Å². The van der Waals surface area contributed by atoms with E-state index in [9.17, 15) is 4.79 Å². The summed E-state index contributed by atoms with van der Waals surface area (Å²) in [6.45, 7) is 0. The smallest absolute Gasteiger partial charge is 0.356 e. The Morgan fingerprint density at radius 1 is 1.50 bits per heavy atom. The fourth-order valence-electron chi connectivity index (χ4n) is 0.657. The zero-order valence-electron chi connectivity index (χ0n) is 6.77. The van der Waals surface area contributed by atoms with Gasteiger partial charge in [-0.25, -0.2) is 9.78 Å². The number of carbonyl (C=O) groups excluding carboxylic acids is 1. The van der Waals surface area contributed by atoms with E-state index in [4.69, 9.17) is 4.74 Å². The minimum atomic E-state index is -0.504. The molecule has 0 saturated heterocycles. The molecule has 1 aromatic heterocycles. The van der Waals surface area contributed by atoms with Gasteiger partial charge in [0.05, 0.1) is 14.2 Å². The van der Waals surface area contributed by atoms with Crippen molar-refractivity contribution in [2.75, 3.05) is 14.2 Å². The number of hydrogen-bond acceptors (Lipinski definition) is 5. The average molecular weight is 168 g/mol. The molecule has 0 aromatic carbocycles. The molecule has 0 aliphatic heterocycles. The minimum Gasteiger partial charge on any atom is -0.467 e. The summed E-state index contributed by atoms with van der Waals surface area (Å²) in [5, 5.41) is 0. The topological polar surface area (TPSA) is 61.3 Å². The third-order valence-corrected chi connectivity index (χ3v) is 1.21. The van der Waals surface area contributed by atoms with E-state index in [2.05, 4.69) is 14.7 Å². The molecule has 12 heavy (non-hydrogen) atoms. The maximum Gasteiger partial charge on any atom is 0.356 e. The Morgan fingerprint density at radius 3 is 2.83 bits per heavy atom. The van der Waals surface area contributed by atoms with E-state index >= 15 is 0 Å². The predicted octanol–water partition coefficient (Wildman–Crippen LogP) is 0.272. The van der Waals surface area contributed by atoms with Crippen LogP contribution in [0.3, 0.4) is 0 Å². The Morgan fingerprint density at radius 2 is 2.25 bits per heavy atom. The fraction of sp³-hybridized carbons (Fsp3) is 0.286. The molecule has 0 unspecified atom stereocenters. The maximum atomic E-state index is 10.9. The van der Waals surface area contributed by atoms with Crippen molar-refractivity contribution in [3.8, 4) is 6.01 Å². The summed E-state index contributed by atoms with van der Waals surface area (Å²) in [5.41, 5.74) is 0.185. The molecule has 0 N–H and O–H groups in total. The molecule has 0 radical (unpaired) electrons. The Balaban J connectivity index is 2.93. The van der Waals surface area contributed by atoms with Gasteiger partial charge in [0.15, 0.2) is 5.69 Å². The lowest BCUT2D eigenvalue weighted by molar-refractivity contribution is 0.0592. The van der Waals surface area contributed by atoms with Crippen LogP contribution in [0.25, 0.3) is 0 Å². The summed E-state index contributed by atoms with van der Waals surface area (Å²) >= 11 is 0. The lowest BCUT2D eigenvalue weighted by Crippen LogP contribution is -2.05. The lowest BCUT2D eigenvalue weighted by atomic mass is 10.4. The van der Waals surface area contributed by atoms with Crippen molar-refractivity contribution in [2.24, 2.45) is 0 Å². The number of nitrogens with zero attached hydrogens (tertiary/aromatic N) is 2. The van der Waals surface area contributed by atoms with Crippen molar-refractivity contribution in [3.05, 3.63) is 18.0 Å². The second-order valence-electron chi connectivity index (χ2n) is 1.92. The number of aromatic nitrogens is 2. The van der Waals surface area contributed by atoms with Gasteiger partial charge >= 0.3 is 12.0 Å². The van der Waals surface area contributed by atoms with Crippen LogP contribution in [0.1, 0.15) is 10.5 Å². The monoisotopic (exact) mass is 168 g/mol. The third kappa shape index (κ3) is 1.69. The molecule has 0 aliphatic carbocycles. The van der Waals surface area contributed by atoms with E-state index in [1.165, 1.54) is 26.5 Å². The number of ether oxygens (including phenoxy) is 2. The van der Waals surface area contributed by atoms with Crippen LogP contribution in [0.2, 0.25) is 0 Å². The Labute approximate surface area is 69.4 Å². The first kappa shape index (κ1) is 8.45. The summed E-state index contributed by atoms with van der Waals surface area (Å²) in [6.07, 6.45) is 1.43. The third-order valence-electron chi connectivity index (χ3n) is 1.21. The Hall–Kier alpha value is -1.65. The number of methoxy groups -OCH3 is 2. The molecule has 0 saturated carbocycles. The number of rotatable bonds is 2. The second kappa shape index (κ2) is 3.66. The van der Waals surface area contributed by atoms with E-state index in [1.807, 2.05) is 0 Å². The van der Waals surface area contributed by atoms with Crippen molar-refractivity contribution in [1.82, 2.24) is 9.97 Å². The van der Waals surface area contributed by atoms with Crippen LogP contribution >= 0.6 is 0 Å². The van der Waals surface area contributed by atoms with Gasteiger partial charge in [0.2, 0.25) is 0 Å². The van der Waals surface area contributed by atoms with Gasteiger partial charge in [-0.15, -0.1) is 0 Å². The molecule has 0 amide bonds. The van der Waals surface area contributed by atoms with Crippen molar-refractivity contribution >= 4 is 5.97 Å². The zero-order valence-corrected chi connectivity index (χ0v) is 6.77. The summed E-state index contributed by atoms with van der Waals surface area (Å²) in [5.74, 6) is -0.504. The molecule has 0 bridgehead atoms. The highest BCUT2D eigenvalue weighted by Crippen LogP contribution is 2.02. The first-order valence-corrected chi connectivity index (χ1v) is 3.23. The lowest BCUT2D eigenvalue weighted by Gasteiger charge is -1.99. The first-order valence-electron chi connectivity index (χ1n) is 3.23. The Bertz CT molecular complexity index is 288. The molecule has 0 atom stereocenters. The molecule has 64 valence electrons. The molecule has 1 rings (SSSR count). The van der Waals surface area contributed by atoms with Crippen LogP contribution in [0.5, 0.6) is 6.01 Å². The molecular formula is C7H8N2O3. The summed E-state index contributed by atoms with van der Waals surface area (Å²) in [7, 11) is 2.72. The molecule has 5 heteroatoms. The van der Waals surface area contributed by atoms with Crippen molar-refractivity contribution in [3.63, 3.8) is 0 Å². The van der Waals surface area contributed by atoms with Gasteiger partial charge in [-0.05, 0) is 6.07 Å². The van der Waals surface area contributed by atoms with E-state index in [1.54, 1.807) is 0 Å². The number of hydrogen-bond donors (Lipinski definition) is 0. The summed E-state index contributed by atoms with van der Waals surface area (Å²) in [6, 6.07) is 1.60. The highest BCUT2D eigenvalue weighted by Gasteiger charge is 2.07. The van der Waals surface area contributed by atoms with Crippen molar-refractivity contribution < 1.29 is 14.3 Å². The average Bonchev–Trinajstić information content (AvgIpc) is 2.17. The second-order valence-corrected chi connectivity index (χ2v) is 1.92. The molecular weight excluding hydrogens is 160 g/mol. The van der Waals surface area contributed by atoms with Gasteiger partial charge in [-0.1, -0.05) is 0 Å². The summed E-state index contributed by atoms with van der Waals surface area (Å²) in [4.78, 5) is 18.4. The molecule has 1 aromatic rings. The predicted molar refractivity (Wildman–Crippen MR) is 39.9 cm³/mol. The maximum absolute atomic E-state index is 10.9. The first-order chi connectivity index (χ1) is 5.77. The van der Waals surface area contributed by atoms with E-state index < -0.39 is 5.97 Å². The molecule has 5 nitrogen and oxygen atoms in total. The van der Waals surface area contributed by atoms with Crippen LogP contribution in [0.4, 0.5) is 0 Å². The van der Waals surface area contributed by atoms with Crippen LogP contribution < -0.4 is 4.74 Å². The van der Waals surface area contributed by atoms with E-state index in [0.717, 1.165) is 0 Å². The van der Waals surface area contributed by atoms with Crippen molar-refractivity contribution in [1.29, 1.82) is 0 Å². The van der Waals surface area contributed by atoms with Gasteiger partial charge in [0, 0.05) is 6.20 Å². The van der Waals surface area contributed by atoms with Crippen LogP contribution in [0, 0.1) is 0 Å². The van der Waals surface area contributed by atoms with Crippen LogP contribution in [-0.4, -0.2) is 30.2 Å². The quantitative estimate of drug-likeness (QED) is 0.593. The zero-order chi connectivity index (χ0) is 8.97. The summed E-state index contributed by atoms with van der Waals surface area (Å²) < 4.78 is 9.17. The molecule has 0 fully saturated rings. The standard InChI is InChI=1S/C7H8N2O3/c1-11-6(10)5-3-4-8-7(9-5)12-2/h3-4H,1-2H3. The van der Waals surface area contributed by atoms with Gasteiger partial charge < -0.3 is 9.47 Å². The molecule has 1 heterocycles. The van der Waals surface area contributed by atoms with Crippen LogP contribution in [0.15, 0.2) is 12.3 Å². The number of carbonyl (C=O) groups is 1. The minimum absolute atomic E-state index is 0.151. The largest absolute Gasteiger partial charge is 0.467 e. The van der Waals surface area contributed by atoms with E-state index in [-0.39, 0.29) is 11.7 Å². The number of esters is 1. The van der Waals surface area contributed by atoms with Gasteiger partial charge in [0.1, 0.15) is 0 Å². The van der Waals surface area contributed by atoms with Crippen molar-refractivity contribution in [2.45, 2.75) is 0 Å². The SMILES string of the molecule is COC(=O)c1ccnc(OC)n1. The van der Waals surface area contributed by atoms with Crippen LogP contribution in [-0.2, 0) is 4.74 Å². The highest BCUT2D eigenvalue weighted by atomic mass is 16.5. The molecule has 0 aliphatic rings. The van der Waals surface area contributed by atoms with Gasteiger partial charge in [0.25, 0.3) is 0 Å².